The van der Waals surface area contributed by atoms with E-state index in [2.05, 4.69) is 10.2 Å². The third-order valence-electron chi connectivity index (χ3n) is 2.57. The molecule has 5 nitrogen and oxygen atoms in total. The number of aromatic carboxylic acids is 1. The monoisotopic (exact) mass is 277 g/mol. The summed E-state index contributed by atoms with van der Waals surface area (Å²) in [5.41, 5.74) is 0.971. The summed E-state index contributed by atoms with van der Waals surface area (Å²) in [6.45, 7) is 0.613. The Morgan fingerprint density at radius 1 is 1.32 bits per heavy atom. The second-order valence-electron chi connectivity index (χ2n) is 4.07. The van der Waals surface area contributed by atoms with Gasteiger partial charge in [-0.3, -0.25) is 0 Å². The maximum absolute atomic E-state index is 10.7. The molecule has 0 amide bonds. The molecule has 1 aromatic carbocycles. The lowest BCUT2D eigenvalue weighted by molar-refractivity contribution is 0.0689. The van der Waals surface area contributed by atoms with Crippen molar-refractivity contribution in [3.05, 3.63) is 52.7 Å². The molecule has 0 spiro atoms. The molecular formula is C13H12ClN3O2. The number of benzene rings is 1. The lowest BCUT2D eigenvalue weighted by Gasteiger charge is -2.17. The van der Waals surface area contributed by atoms with E-state index in [0.717, 1.165) is 5.56 Å². The molecule has 0 aliphatic heterocycles. The number of aromatic nitrogens is 2. The van der Waals surface area contributed by atoms with Crippen LogP contribution in [-0.2, 0) is 6.54 Å². The smallest absolute Gasteiger partial charge is 0.356 e. The van der Waals surface area contributed by atoms with E-state index in [1.54, 1.807) is 6.07 Å². The molecule has 19 heavy (non-hydrogen) atoms. The average molecular weight is 278 g/mol. The van der Waals surface area contributed by atoms with Crippen LogP contribution in [0.2, 0.25) is 5.02 Å². The first-order valence-corrected chi connectivity index (χ1v) is 5.96. The highest BCUT2D eigenvalue weighted by Gasteiger charge is 2.08. The highest BCUT2D eigenvalue weighted by Crippen LogP contribution is 2.15. The van der Waals surface area contributed by atoms with Crippen molar-refractivity contribution in [3.63, 3.8) is 0 Å². The van der Waals surface area contributed by atoms with Crippen LogP contribution in [-0.4, -0.2) is 28.3 Å². The fourth-order valence-corrected chi connectivity index (χ4v) is 1.85. The molecule has 1 heterocycles. The van der Waals surface area contributed by atoms with Gasteiger partial charge in [0.2, 0.25) is 0 Å². The van der Waals surface area contributed by atoms with Crippen LogP contribution in [0.3, 0.4) is 0 Å². The van der Waals surface area contributed by atoms with E-state index in [1.807, 2.05) is 36.2 Å². The molecule has 0 aliphatic carbocycles. The van der Waals surface area contributed by atoms with Crippen LogP contribution in [0, 0.1) is 0 Å². The predicted octanol–water partition coefficient (Wildman–Crippen LogP) is 2.46. The number of rotatable bonds is 4. The van der Waals surface area contributed by atoms with Gasteiger partial charge in [-0.15, -0.1) is 10.2 Å². The molecule has 2 aromatic rings. The van der Waals surface area contributed by atoms with Crippen molar-refractivity contribution < 1.29 is 9.90 Å². The number of hydrogen-bond acceptors (Lipinski definition) is 4. The summed E-state index contributed by atoms with van der Waals surface area (Å²) in [6, 6.07) is 10.6. The highest BCUT2D eigenvalue weighted by molar-refractivity contribution is 6.30. The first kappa shape index (κ1) is 13.3. The van der Waals surface area contributed by atoms with Crippen molar-refractivity contribution >= 4 is 23.4 Å². The zero-order valence-electron chi connectivity index (χ0n) is 10.2. The fourth-order valence-electron chi connectivity index (χ4n) is 1.63. The van der Waals surface area contributed by atoms with Crippen LogP contribution in [0.5, 0.6) is 0 Å². The summed E-state index contributed by atoms with van der Waals surface area (Å²) >= 11 is 5.92. The maximum atomic E-state index is 10.7. The molecule has 0 saturated carbocycles. The normalized spacial score (nSPS) is 10.2. The van der Waals surface area contributed by atoms with Crippen molar-refractivity contribution in [1.29, 1.82) is 0 Å². The van der Waals surface area contributed by atoms with Gasteiger partial charge in [-0.25, -0.2) is 4.79 Å². The number of nitrogens with zero attached hydrogens (tertiary/aromatic N) is 3. The molecule has 2 rings (SSSR count). The van der Waals surface area contributed by atoms with E-state index in [9.17, 15) is 4.79 Å². The quantitative estimate of drug-likeness (QED) is 0.930. The minimum absolute atomic E-state index is 0.0695. The first-order valence-electron chi connectivity index (χ1n) is 5.59. The molecular weight excluding hydrogens is 266 g/mol. The van der Waals surface area contributed by atoms with Crippen LogP contribution < -0.4 is 4.90 Å². The Balaban J connectivity index is 2.11. The molecule has 6 heteroatoms. The molecule has 1 aromatic heterocycles. The maximum Gasteiger partial charge on any atom is 0.356 e. The molecule has 0 saturated heterocycles. The Bertz CT molecular complexity index is 587. The Kier molecular flexibility index (Phi) is 3.97. The highest BCUT2D eigenvalue weighted by atomic mass is 35.5. The number of carbonyl (C=O) groups is 1. The van der Waals surface area contributed by atoms with Gasteiger partial charge in [0.05, 0.1) is 0 Å². The lowest BCUT2D eigenvalue weighted by atomic mass is 10.2. The van der Waals surface area contributed by atoms with Gasteiger partial charge < -0.3 is 10.0 Å². The van der Waals surface area contributed by atoms with Crippen molar-refractivity contribution in [2.45, 2.75) is 6.54 Å². The van der Waals surface area contributed by atoms with Crippen LogP contribution >= 0.6 is 11.6 Å². The number of carboxylic acids is 1. The van der Waals surface area contributed by atoms with Gasteiger partial charge in [0.1, 0.15) is 0 Å². The summed E-state index contributed by atoms with van der Waals surface area (Å²) in [7, 11) is 1.85. The second kappa shape index (κ2) is 5.67. The Morgan fingerprint density at radius 3 is 2.68 bits per heavy atom. The van der Waals surface area contributed by atoms with Crippen LogP contribution in [0.25, 0.3) is 0 Å². The van der Waals surface area contributed by atoms with E-state index in [4.69, 9.17) is 16.7 Å². The van der Waals surface area contributed by atoms with Crippen LogP contribution in [0.15, 0.2) is 36.4 Å². The van der Waals surface area contributed by atoms with E-state index in [1.165, 1.54) is 6.07 Å². The zero-order chi connectivity index (χ0) is 13.8. The van der Waals surface area contributed by atoms with Gasteiger partial charge in [-0.05, 0) is 29.8 Å². The minimum atomic E-state index is -1.09. The number of hydrogen-bond donors (Lipinski definition) is 1. The molecule has 1 N–H and O–H groups in total. The predicted molar refractivity (Wildman–Crippen MR) is 72.6 cm³/mol. The van der Waals surface area contributed by atoms with Gasteiger partial charge >= 0.3 is 5.97 Å². The number of anilines is 1. The summed E-state index contributed by atoms with van der Waals surface area (Å²) in [4.78, 5) is 12.5. The summed E-state index contributed by atoms with van der Waals surface area (Å²) < 4.78 is 0. The summed E-state index contributed by atoms with van der Waals surface area (Å²) in [5, 5.41) is 16.9. The number of halogens is 1. The van der Waals surface area contributed by atoms with Gasteiger partial charge in [0, 0.05) is 18.6 Å². The van der Waals surface area contributed by atoms with E-state index < -0.39 is 5.97 Å². The Morgan fingerprint density at radius 2 is 2.11 bits per heavy atom. The number of carboxylic acid groups (broad SMARTS) is 1. The second-order valence-corrected chi connectivity index (χ2v) is 4.50. The molecule has 0 atom stereocenters. The SMILES string of the molecule is CN(Cc1cccc(Cl)c1)c1ccc(C(=O)O)nn1. The van der Waals surface area contributed by atoms with Crippen molar-refractivity contribution in [1.82, 2.24) is 10.2 Å². The molecule has 0 radical (unpaired) electrons. The van der Waals surface area contributed by atoms with Crippen molar-refractivity contribution in [2.75, 3.05) is 11.9 Å². The fraction of sp³-hybridized carbons (Fsp3) is 0.154. The van der Waals surface area contributed by atoms with Crippen molar-refractivity contribution in [2.24, 2.45) is 0 Å². The molecule has 0 bridgehead atoms. The molecule has 0 fully saturated rings. The van der Waals surface area contributed by atoms with Gasteiger partial charge in [0.25, 0.3) is 0 Å². The van der Waals surface area contributed by atoms with E-state index in [-0.39, 0.29) is 5.69 Å². The zero-order valence-corrected chi connectivity index (χ0v) is 11.0. The molecule has 0 unspecified atom stereocenters. The average Bonchev–Trinajstić information content (AvgIpc) is 2.39. The standard InChI is InChI=1S/C13H12ClN3O2/c1-17(8-9-3-2-4-10(14)7-9)12-6-5-11(13(18)19)15-16-12/h2-7H,8H2,1H3,(H,18,19). The van der Waals surface area contributed by atoms with Gasteiger partial charge in [0.15, 0.2) is 11.5 Å². The largest absolute Gasteiger partial charge is 0.476 e. The van der Waals surface area contributed by atoms with Gasteiger partial charge in [-0.1, -0.05) is 23.7 Å². The molecule has 0 aliphatic rings. The summed E-state index contributed by atoms with van der Waals surface area (Å²) in [6.07, 6.45) is 0. The lowest BCUT2D eigenvalue weighted by Crippen LogP contribution is -2.18. The van der Waals surface area contributed by atoms with Crippen LogP contribution in [0.4, 0.5) is 5.82 Å². The first-order chi connectivity index (χ1) is 9.06. The van der Waals surface area contributed by atoms with Crippen molar-refractivity contribution in [3.8, 4) is 0 Å². The minimum Gasteiger partial charge on any atom is -0.476 e. The Labute approximate surface area is 115 Å². The molecule has 98 valence electrons. The summed E-state index contributed by atoms with van der Waals surface area (Å²) in [5.74, 6) is -0.485. The Hall–Kier alpha value is -2.14. The van der Waals surface area contributed by atoms with Crippen LogP contribution in [0.1, 0.15) is 16.1 Å². The van der Waals surface area contributed by atoms with Gasteiger partial charge in [-0.2, -0.15) is 0 Å². The topological polar surface area (TPSA) is 66.3 Å². The third-order valence-corrected chi connectivity index (χ3v) is 2.80. The third kappa shape index (κ3) is 3.42. The van der Waals surface area contributed by atoms with E-state index >= 15 is 0 Å². The van der Waals surface area contributed by atoms with E-state index in [0.29, 0.717) is 17.4 Å².